The van der Waals surface area contributed by atoms with Crippen molar-refractivity contribution in [1.82, 2.24) is 14.8 Å². The molecule has 0 spiro atoms. The summed E-state index contributed by atoms with van der Waals surface area (Å²) in [7, 11) is 0. The second-order valence-electron chi connectivity index (χ2n) is 4.23. The van der Waals surface area contributed by atoms with Crippen LogP contribution in [0.3, 0.4) is 0 Å². The van der Waals surface area contributed by atoms with E-state index < -0.39 is 5.97 Å². The van der Waals surface area contributed by atoms with Gasteiger partial charge in [-0.25, -0.2) is 9.67 Å². The zero-order valence-electron chi connectivity index (χ0n) is 10.7. The van der Waals surface area contributed by atoms with Crippen molar-refractivity contribution in [3.05, 3.63) is 42.5 Å². The number of carbonyl (C=O) groups is 2. The number of nitrogens with one attached hydrogen (secondary N) is 1. The molecular weight excluding hydrogens is 260 g/mol. The average Bonchev–Trinajstić information content (AvgIpc) is 2.90. The SMILES string of the molecule is O=C(O)CCc1ccc(NC(=O)Cn2cncn2)cc1. The Labute approximate surface area is 115 Å². The van der Waals surface area contributed by atoms with Crippen LogP contribution in [-0.4, -0.2) is 31.7 Å². The number of aryl methyl sites for hydroxylation is 1. The quantitative estimate of drug-likeness (QED) is 0.816. The number of nitrogens with zero attached hydrogens (tertiary/aromatic N) is 3. The summed E-state index contributed by atoms with van der Waals surface area (Å²) in [6, 6.07) is 7.09. The van der Waals surface area contributed by atoms with Crippen LogP contribution in [0.1, 0.15) is 12.0 Å². The van der Waals surface area contributed by atoms with Crippen molar-refractivity contribution >= 4 is 17.6 Å². The van der Waals surface area contributed by atoms with Gasteiger partial charge in [-0.2, -0.15) is 5.10 Å². The van der Waals surface area contributed by atoms with E-state index >= 15 is 0 Å². The van der Waals surface area contributed by atoms with Crippen LogP contribution in [0.5, 0.6) is 0 Å². The maximum absolute atomic E-state index is 11.7. The number of carboxylic acids is 1. The molecule has 1 aromatic heterocycles. The third-order valence-corrected chi connectivity index (χ3v) is 2.64. The van der Waals surface area contributed by atoms with Crippen LogP contribution >= 0.6 is 0 Å². The lowest BCUT2D eigenvalue weighted by Crippen LogP contribution is -2.18. The van der Waals surface area contributed by atoms with Gasteiger partial charge in [-0.1, -0.05) is 12.1 Å². The van der Waals surface area contributed by atoms with Crippen molar-refractivity contribution in [3.63, 3.8) is 0 Å². The molecule has 2 rings (SSSR count). The molecule has 7 nitrogen and oxygen atoms in total. The minimum absolute atomic E-state index is 0.0952. The second kappa shape index (κ2) is 6.46. The van der Waals surface area contributed by atoms with Crippen LogP contribution < -0.4 is 5.32 Å². The summed E-state index contributed by atoms with van der Waals surface area (Å²) in [6.45, 7) is 0.0980. The molecule has 2 N–H and O–H groups in total. The first kappa shape index (κ1) is 13.7. The molecule has 0 unspecified atom stereocenters. The van der Waals surface area contributed by atoms with Crippen LogP contribution in [0.15, 0.2) is 36.9 Å². The summed E-state index contributed by atoms with van der Waals surface area (Å²) in [6.07, 6.45) is 3.40. The van der Waals surface area contributed by atoms with Gasteiger partial charge in [0.25, 0.3) is 0 Å². The summed E-state index contributed by atoms with van der Waals surface area (Å²) < 4.78 is 1.43. The monoisotopic (exact) mass is 274 g/mol. The Morgan fingerprint density at radius 1 is 1.25 bits per heavy atom. The number of aromatic nitrogens is 3. The van der Waals surface area contributed by atoms with Crippen molar-refractivity contribution < 1.29 is 14.7 Å². The van der Waals surface area contributed by atoms with E-state index in [0.717, 1.165) is 5.56 Å². The van der Waals surface area contributed by atoms with E-state index in [-0.39, 0.29) is 18.9 Å². The van der Waals surface area contributed by atoms with Gasteiger partial charge >= 0.3 is 5.97 Å². The predicted octanol–water partition coefficient (Wildman–Crippen LogP) is 0.934. The molecule has 0 aliphatic rings. The minimum atomic E-state index is -0.824. The summed E-state index contributed by atoms with van der Waals surface area (Å²) in [5.41, 5.74) is 1.58. The maximum Gasteiger partial charge on any atom is 0.303 e. The molecule has 0 bridgehead atoms. The lowest BCUT2D eigenvalue weighted by molar-refractivity contribution is -0.137. The number of hydrogen-bond donors (Lipinski definition) is 2. The molecule has 7 heteroatoms. The second-order valence-corrected chi connectivity index (χ2v) is 4.23. The Balaban J connectivity index is 1.86. The maximum atomic E-state index is 11.7. The van der Waals surface area contributed by atoms with Gasteiger partial charge < -0.3 is 10.4 Å². The Hall–Kier alpha value is -2.70. The number of anilines is 1. The van der Waals surface area contributed by atoms with Crippen molar-refractivity contribution in [1.29, 1.82) is 0 Å². The molecule has 1 amide bonds. The van der Waals surface area contributed by atoms with E-state index in [2.05, 4.69) is 15.4 Å². The third-order valence-electron chi connectivity index (χ3n) is 2.64. The van der Waals surface area contributed by atoms with Crippen molar-refractivity contribution in [2.45, 2.75) is 19.4 Å². The highest BCUT2D eigenvalue weighted by Crippen LogP contribution is 2.11. The molecule has 2 aromatic rings. The molecule has 0 fully saturated rings. The Morgan fingerprint density at radius 2 is 2.00 bits per heavy atom. The number of benzene rings is 1. The highest BCUT2D eigenvalue weighted by molar-refractivity contribution is 5.90. The van der Waals surface area contributed by atoms with E-state index in [1.165, 1.54) is 17.3 Å². The van der Waals surface area contributed by atoms with E-state index in [4.69, 9.17) is 5.11 Å². The third kappa shape index (κ3) is 4.20. The molecule has 0 saturated heterocycles. The zero-order chi connectivity index (χ0) is 14.4. The summed E-state index contributed by atoms with van der Waals surface area (Å²) in [5.74, 6) is -1.02. The molecule has 0 atom stereocenters. The van der Waals surface area contributed by atoms with Gasteiger partial charge in [-0.3, -0.25) is 9.59 Å². The summed E-state index contributed by atoms with van der Waals surface area (Å²) >= 11 is 0. The smallest absolute Gasteiger partial charge is 0.303 e. The van der Waals surface area contributed by atoms with Gasteiger partial charge in [0.1, 0.15) is 19.2 Å². The predicted molar refractivity (Wildman–Crippen MR) is 71.1 cm³/mol. The number of hydrogen-bond acceptors (Lipinski definition) is 4. The van der Waals surface area contributed by atoms with Crippen molar-refractivity contribution in [3.8, 4) is 0 Å². The van der Waals surface area contributed by atoms with Gasteiger partial charge in [0, 0.05) is 12.1 Å². The standard InChI is InChI=1S/C13H14N4O3/c18-12(7-17-9-14-8-15-17)16-11-4-1-10(2-5-11)3-6-13(19)20/h1-2,4-5,8-9H,3,6-7H2,(H,16,18)(H,19,20). The van der Waals surface area contributed by atoms with Gasteiger partial charge in [-0.05, 0) is 24.1 Å². The average molecular weight is 274 g/mol. The molecule has 104 valence electrons. The van der Waals surface area contributed by atoms with E-state index in [9.17, 15) is 9.59 Å². The van der Waals surface area contributed by atoms with Gasteiger partial charge in [-0.15, -0.1) is 0 Å². The van der Waals surface area contributed by atoms with E-state index in [1.54, 1.807) is 24.3 Å². The Bertz CT molecular complexity index is 578. The topological polar surface area (TPSA) is 97.1 Å². The number of rotatable bonds is 6. The first-order valence-electron chi connectivity index (χ1n) is 6.06. The molecule has 1 aromatic carbocycles. The zero-order valence-corrected chi connectivity index (χ0v) is 10.7. The van der Waals surface area contributed by atoms with Crippen molar-refractivity contribution in [2.75, 3.05) is 5.32 Å². The number of carbonyl (C=O) groups excluding carboxylic acids is 1. The van der Waals surface area contributed by atoms with Crippen LogP contribution in [0.4, 0.5) is 5.69 Å². The fraction of sp³-hybridized carbons (Fsp3) is 0.231. The largest absolute Gasteiger partial charge is 0.481 e. The number of amides is 1. The molecule has 0 radical (unpaired) electrons. The van der Waals surface area contributed by atoms with Gasteiger partial charge in [0.2, 0.25) is 5.91 Å². The highest BCUT2D eigenvalue weighted by Gasteiger charge is 2.04. The fourth-order valence-corrected chi connectivity index (χ4v) is 1.67. The number of aliphatic carboxylic acids is 1. The number of carboxylic acid groups (broad SMARTS) is 1. The lowest BCUT2D eigenvalue weighted by atomic mass is 10.1. The molecule has 20 heavy (non-hydrogen) atoms. The van der Waals surface area contributed by atoms with Gasteiger partial charge in [0.15, 0.2) is 0 Å². The van der Waals surface area contributed by atoms with Crippen molar-refractivity contribution in [2.24, 2.45) is 0 Å². The minimum Gasteiger partial charge on any atom is -0.481 e. The van der Waals surface area contributed by atoms with Crippen LogP contribution in [0, 0.1) is 0 Å². The Morgan fingerprint density at radius 3 is 2.60 bits per heavy atom. The first-order chi connectivity index (χ1) is 9.63. The Kier molecular flexibility index (Phi) is 4.43. The summed E-state index contributed by atoms with van der Waals surface area (Å²) in [4.78, 5) is 25.9. The van der Waals surface area contributed by atoms with Crippen LogP contribution in [0.25, 0.3) is 0 Å². The van der Waals surface area contributed by atoms with E-state index in [1.807, 2.05) is 0 Å². The van der Waals surface area contributed by atoms with Gasteiger partial charge in [0.05, 0.1) is 0 Å². The highest BCUT2D eigenvalue weighted by atomic mass is 16.4. The van der Waals surface area contributed by atoms with Crippen LogP contribution in [0.2, 0.25) is 0 Å². The van der Waals surface area contributed by atoms with E-state index in [0.29, 0.717) is 12.1 Å². The first-order valence-corrected chi connectivity index (χ1v) is 6.06. The molecule has 0 aliphatic carbocycles. The molecule has 0 aliphatic heterocycles. The molecule has 0 saturated carbocycles. The molecule has 1 heterocycles. The molecular formula is C13H14N4O3. The lowest BCUT2D eigenvalue weighted by Gasteiger charge is -2.06. The van der Waals surface area contributed by atoms with Crippen LogP contribution in [-0.2, 0) is 22.6 Å². The fourth-order valence-electron chi connectivity index (χ4n) is 1.67. The normalized spacial score (nSPS) is 10.2. The summed E-state index contributed by atoms with van der Waals surface area (Å²) in [5, 5.41) is 15.2.